The third-order valence-electron chi connectivity index (χ3n) is 9.98. The summed E-state index contributed by atoms with van der Waals surface area (Å²) in [5.41, 5.74) is 2.70. The third kappa shape index (κ3) is 5.42. The molecule has 0 aliphatic carbocycles. The topological polar surface area (TPSA) is 3.24 Å². The van der Waals surface area contributed by atoms with Crippen LogP contribution in [0, 0.1) is 0 Å². The van der Waals surface area contributed by atoms with Gasteiger partial charge in [-0.15, -0.1) is 0 Å². The lowest BCUT2D eigenvalue weighted by atomic mass is 9.93. The van der Waals surface area contributed by atoms with E-state index < -0.39 is 24.2 Å². The SMILES string of the molecule is [2H]c1c([2H])c(N(c2ccccc2-c2ccccc2)c2c([2H])c([2H])c(-c3cc4ccccc4c4ccccc34)c([2H])c2[2H])c([2H])c([2H])c1-c1cc2ccccc2c2ccccc12. The smallest absolute Gasteiger partial charge is 0.0645 e. The second kappa shape index (κ2) is 13.0. The molecule has 0 atom stereocenters. The van der Waals surface area contributed by atoms with Crippen molar-refractivity contribution in [3.63, 3.8) is 0 Å². The lowest BCUT2D eigenvalue weighted by molar-refractivity contribution is 1.28. The van der Waals surface area contributed by atoms with E-state index in [1.54, 1.807) is 12.1 Å². The van der Waals surface area contributed by atoms with E-state index in [-0.39, 0.29) is 46.7 Å². The number of rotatable bonds is 6. The van der Waals surface area contributed by atoms with E-state index in [9.17, 15) is 11.0 Å². The molecule has 0 aliphatic rings. The number of benzene rings is 10. The summed E-state index contributed by atoms with van der Waals surface area (Å²) in [4.78, 5) is 1.40. The highest BCUT2D eigenvalue weighted by Crippen LogP contribution is 2.43. The molecule has 0 spiro atoms. The van der Waals surface area contributed by atoms with Crippen molar-refractivity contribution in [1.82, 2.24) is 0 Å². The van der Waals surface area contributed by atoms with Gasteiger partial charge in [-0.05, 0) is 113 Å². The van der Waals surface area contributed by atoms with Gasteiger partial charge in [0.25, 0.3) is 0 Å². The second-order valence-corrected chi connectivity index (χ2v) is 13.0. The average molecular weight is 682 g/mol. The van der Waals surface area contributed by atoms with Crippen LogP contribution < -0.4 is 4.90 Å². The fourth-order valence-electron chi connectivity index (χ4n) is 7.51. The van der Waals surface area contributed by atoms with Gasteiger partial charge in [0, 0.05) is 16.9 Å². The predicted octanol–water partition coefficient (Wildman–Crippen LogP) is 14.8. The molecule has 0 radical (unpaired) electrons. The van der Waals surface area contributed by atoms with E-state index in [1.807, 2.05) is 152 Å². The Hall–Kier alpha value is -6.96. The highest BCUT2D eigenvalue weighted by molar-refractivity contribution is 6.15. The fraction of sp³-hybridized carbons (Fsp3) is 0. The summed E-state index contributed by atoms with van der Waals surface area (Å²) < 4.78 is 77.5. The second-order valence-electron chi connectivity index (χ2n) is 13.0. The van der Waals surface area contributed by atoms with Crippen LogP contribution in [0.15, 0.2) is 212 Å². The Kier molecular flexibility index (Phi) is 5.76. The lowest BCUT2D eigenvalue weighted by Crippen LogP contribution is -2.11. The van der Waals surface area contributed by atoms with E-state index in [1.165, 1.54) is 4.90 Å². The minimum atomic E-state index is -0.391. The summed E-state index contributed by atoms with van der Waals surface area (Å²) in [6.07, 6.45) is 0. The zero-order valence-corrected chi connectivity index (χ0v) is 28.5. The third-order valence-corrected chi connectivity index (χ3v) is 9.98. The molecular formula is C52H35N. The molecule has 0 N–H and O–H groups in total. The van der Waals surface area contributed by atoms with Crippen molar-refractivity contribution in [3.05, 3.63) is 212 Å². The average Bonchev–Trinajstić information content (AvgIpc) is 3.30. The van der Waals surface area contributed by atoms with Crippen molar-refractivity contribution < 1.29 is 11.0 Å². The molecule has 0 heterocycles. The van der Waals surface area contributed by atoms with Gasteiger partial charge < -0.3 is 4.90 Å². The van der Waals surface area contributed by atoms with Gasteiger partial charge in [0.1, 0.15) is 0 Å². The molecular weight excluding hydrogens is 639 g/mol. The number of para-hydroxylation sites is 1. The lowest BCUT2D eigenvalue weighted by Gasteiger charge is -2.28. The molecule has 1 nitrogen and oxygen atoms in total. The molecule has 0 amide bonds. The minimum Gasteiger partial charge on any atom is -0.310 e. The van der Waals surface area contributed by atoms with Gasteiger partial charge in [0.15, 0.2) is 0 Å². The molecule has 0 bridgehead atoms. The zero-order valence-electron chi connectivity index (χ0n) is 36.5. The van der Waals surface area contributed by atoms with Gasteiger partial charge in [-0.3, -0.25) is 0 Å². The van der Waals surface area contributed by atoms with Crippen LogP contribution in [-0.2, 0) is 0 Å². The van der Waals surface area contributed by atoms with E-state index in [0.717, 1.165) is 48.7 Å². The van der Waals surface area contributed by atoms with Crippen LogP contribution in [0.25, 0.3) is 76.5 Å². The van der Waals surface area contributed by atoms with Crippen molar-refractivity contribution in [2.45, 2.75) is 0 Å². The van der Waals surface area contributed by atoms with Crippen LogP contribution in [-0.4, -0.2) is 0 Å². The normalized spacial score (nSPS) is 13.5. The minimum absolute atomic E-state index is 0.120. The first-order valence-electron chi connectivity index (χ1n) is 21.6. The number of anilines is 3. The number of hydrogen-bond donors (Lipinski definition) is 0. The molecule has 10 aromatic carbocycles. The summed E-state index contributed by atoms with van der Waals surface area (Å²) >= 11 is 0. The van der Waals surface area contributed by atoms with Crippen LogP contribution in [0.4, 0.5) is 17.1 Å². The summed E-state index contributed by atoms with van der Waals surface area (Å²) in [6.45, 7) is 0. The molecule has 10 rings (SSSR count). The predicted molar refractivity (Wildman–Crippen MR) is 227 cm³/mol. The standard InChI is InChI=1S/C52H35N/c1-2-14-36(15-3-1)45-20-12-13-25-52(45)53(41-30-26-37(27-31-41)50-34-39-16-4-6-18-43(39)46-21-8-10-23-48(46)50)42-32-28-38(29-33-42)51-35-40-17-5-7-19-44(40)47-22-9-11-24-49(47)51/h1-35H/i26D,27D,28D,29D,30D,31D,32D,33D. The van der Waals surface area contributed by atoms with Crippen molar-refractivity contribution in [2.75, 3.05) is 4.90 Å². The van der Waals surface area contributed by atoms with E-state index >= 15 is 0 Å². The summed E-state index contributed by atoms with van der Waals surface area (Å²) in [6, 6.07) is 48.9. The summed E-state index contributed by atoms with van der Waals surface area (Å²) in [5.74, 6) is 0. The quantitative estimate of drug-likeness (QED) is 0.158. The first kappa shape index (κ1) is 23.5. The van der Waals surface area contributed by atoms with Gasteiger partial charge in [0.2, 0.25) is 0 Å². The Balaban J connectivity index is 1.28. The van der Waals surface area contributed by atoms with Crippen LogP contribution in [0.5, 0.6) is 0 Å². The maximum atomic E-state index is 9.74. The fourth-order valence-corrected chi connectivity index (χ4v) is 7.51. The molecule has 248 valence electrons. The monoisotopic (exact) mass is 681 g/mol. The largest absolute Gasteiger partial charge is 0.310 e. The van der Waals surface area contributed by atoms with Gasteiger partial charge in [0.05, 0.1) is 16.7 Å². The Morgan fingerprint density at radius 2 is 0.698 bits per heavy atom. The van der Waals surface area contributed by atoms with Gasteiger partial charge >= 0.3 is 0 Å². The van der Waals surface area contributed by atoms with Crippen molar-refractivity contribution in [2.24, 2.45) is 0 Å². The van der Waals surface area contributed by atoms with Crippen LogP contribution in [0.2, 0.25) is 0 Å². The van der Waals surface area contributed by atoms with Gasteiger partial charge in [-0.1, -0.05) is 170 Å². The Morgan fingerprint density at radius 1 is 0.302 bits per heavy atom. The van der Waals surface area contributed by atoms with Crippen molar-refractivity contribution in [3.8, 4) is 33.4 Å². The maximum absolute atomic E-state index is 9.74. The van der Waals surface area contributed by atoms with Crippen LogP contribution in [0.3, 0.4) is 0 Å². The molecule has 0 aromatic heterocycles. The van der Waals surface area contributed by atoms with Gasteiger partial charge in [-0.2, -0.15) is 0 Å². The first-order chi connectivity index (χ1) is 29.7. The Morgan fingerprint density at radius 3 is 1.21 bits per heavy atom. The molecule has 0 saturated carbocycles. The van der Waals surface area contributed by atoms with E-state index in [4.69, 9.17) is 0 Å². The molecule has 0 saturated heterocycles. The number of nitrogens with zero attached hydrogens (tertiary/aromatic N) is 1. The van der Waals surface area contributed by atoms with Crippen LogP contribution in [0.1, 0.15) is 11.0 Å². The Labute approximate surface area is 320 Å². The van der Waals surface area contributed by atoms with Crippen molar-refractivity contribution >= 4 is 60.2 Å². The molecule has 53 heavy (non-hydrogen) atoms. The van der Waals surface area contributed by atoms with E-state index in [0.29, 0.717) is 22.4 Å². The van der Waals surface area contributed by atoms with Crippen molar-refractivity contribution in [1.29, 1.82) is 0 Å². The summed E-state index contributed by atoms with van der Waals surface area (Å²) in [7, 11) is 0. The molecule has 0 unspecified atom stereocenters. The first-order valence-corrected chi connectivity index (χ1v) is 17.6. The van der Waals surface area contributed by atoms with Crippen LogP contribution >= 0.6 is 0 Å². The summed E-state index contributed by atoms with van der Waals surface area (Å²) in [5, 5.41) is 7.16. The van der Waals surface area contributed by atoms with Gasteiger partial charge in [-0.25, -0.2) is 0 Å². The number of fused-ring (bicyclic) bond motifs is 6. The highest BCUT2D eigenvalue weighted by atomic mass is 15.1. The molecule has 0 aliphatic heterocycles. The highest BCUT2D eigenvalue weighted by Gasteiger charge is 2.18. The van der Waals surface area contributed by atoms with E-state index in [2.05, 4.69) is 0 Å². The zero-order chi connectivity index (χ0) is 42.1. The molecule has 0 fully saturated rings. The molecule has 10 aromatic rings. The molecule has 1 heteroatoms. The maximum Gasteiger partial charge on any atom is 0.0645 e. The Bertz CT molecular complexity index is 3170. The number of hydrogen-bond acceptors (Lipinski definition) is 1.